The Balaban J connectivity index is 2.83. The zero-order valence-corrected chi connectivity index (χ0v) is 9.30. The van der Waals surface area contributed by atoms with Gasteiger partial charge in [-0.1, -0.05) is 0 Å². The molecule has 1 aromatic rings. The average molecular weight is 211 g/mol. The van der Waals surface area contributed by atoms with Crippen LogP contribution in [-0.4, -0.2) is 0 Å². The second kappa shape index (κ2) is 3.87. The van der Waals surface area contributed by atoms with Crippen LogP contribution in [0.1, 0.15) is 40.7 Å². The minimum absolute atomic E-state index is 0.364. The van der Waals surface area contributed by atoms with Gasteiger partial charge in [-0.25, -0.2) is 0 Å². The molecule has 0 fully saturated rings. The molecule has 0 aliphatic heterocycles. The quantitative estimate of drug-likeness (QED) is 0.668. The van der Waals surface area contributed by atoms with E-state index >= 15 is 0 Å². The lowest BCUT2D eigenvalue weighted by Gasteiger charge is -2.21. The molecule has 2 N–H and O–H groups in total. The highest BCUT2D eigenvalue weighted by atomic mass is 14.6. The van der Waals surface area contributed by atoms with E-state index in [-0.39, 0.29) is 0 Å². The molecule has 1 aliphatic rings. The summed E-state index contributed by atoms with van der Waals surface area (Å²) < 4.78 is 0. The van der Waals surface area contributed by atoms with Crippen molar-refractivity contribution < 1.29 is 0 Å². The van der Waals surface area contributed by atoms with Crippen molar-refractivity contribution in [2.45, 2.75) is 32.6 Å². The summed E-state index contributed by atoms with van der Waals surface area (Å²) in [6, 6.07) is 4.26. The Bertz CT molecular complexity index is 530. The van der Waals surface area contributed by atoms with Gasteiger partial charge in [0.1, 0.15) is 12.1 Å². The van der Waals surface area contributed by atoms with E-state index in [9.17, 15) is 0 Å². The Morgan fingerprint density at radius 1 is 1.00 bits per heavy atom. The molecule has 0 unspecified atom stereocenters. The van der Waals surface area contributed by atoms with E-state index in [4.69, 9.17) is 16.3 Å². The zero-order chi connectivity index (χ0) is 11.7. The number of anilines is 1. The van der Waals surface area contributed by atoms with Gasteiger partial charge >= 0.3 is 0 Å². The molecular weight excluding hydrogens is 198 g/mol. The second-order valence-electron chi connectivity index (χ2n) is 4.18. The van der Waals surface area contributed by atoms with Crippen LogP contribution in [0.5, 0.6) is 0 Å². The summed E-state index contributed by atoms with van der Waals surface area (Å²) in [6.07, 6.45) is 4.11. The number of rotatable bonds is 0. The van der Waals surface area contributed by atoms with Crippen LogP contribution in [0.4, 0.5) is 5.69 Å². The molecule has 0 radical (unpaired) electrons. The van der Waals surface area contributed by atoms with Gasteiger partial charge in [0, 0.05) is 0 Å². The van der Waals surface area contributed by atoms with Crippen molar-refractivity contribution in [3.05, 3.63) is 27.8 Å². The van der Waals surface area contributed by atoms with Crippen LogP contribution >= 0.6 is 0 Å². The number of fused-ring (bicyclic) bond motifs is 1. The van der Waals surface area contributed by atoms with Crippen molar-refractivity contribution in [3.63, 3.8) is 0 Å². The van der Waals surface area contributed by atoms with Gasteiger partial charge in [0.2, 0.25) is 0 Å². The summed E-state index contributed by atoms with van der Waals surface area (Å²) in [5, 5.41) is 18.2. The minimum atomic E-state index is 0.364. The van der Waals surface area contributed by atoms with Crippen molar-refractivity contribution in [3.8, 4) is 12.1 Å². The molecule has 0 spiro atoms. The molecule has 3 nitrogen and oxygen atoms in total. The van der Waals surface area contributed by atoms with Gasteiger partial charge in [0.15, 0.2) is 0 Å². The van der Waals surface area contributed by atoms with Gasteiger partial charge in [0.05, 0.1) is 16.8 Å². The molecule has 1 aliphatic carbocycles. The Hall–Kier alpha value is -2.00. The van der Waals surface area contributed by atoms with Crippen molar-refractivity contribution in [1.82, 2.24) is 0 Å². The lowest BCUT2D eigenvalue weighted by Crippen LogP contribution is -2.12. The van der Waals surface area contributed by atoms with Crippen LogP contribution < -0.4 is 5.73 Å². The Morgan fingerprint density at radius 2 is 1.56 bits per heavy atom. The summed E-state index contributed by atoms with van der Waals surface area (Å²) in [7, 11) is 0. The smallest absolute Gasteiger partial charge is 0.102 e. The standard InChI is InChI=1S/C13H13N3/c1-8-9-4-2-3-5-10(9)12(7-15)13(16)11(8)6-14/h2-5,16H2,1H3. The number of benzene rings is 1. The molecule has 0 atom stereocenters. The van der Waals surface area contributed by atoms with Gasteiger partial charge in [0.25, 0.3) is 0 Å². The van der Waals surface area contributed by atoms with E-state index in [1.165, 1.54) is 5.56 Å². The highest BCUT2D eigenvalue weighted by Gasteiger charge is 2.21. The van der Waals surface area contributed by atoms with Gasteiger partial charge in [-0.05, 0) is 49.3 Å². The predicted octanol–water partition coefficient (Wildman–Crippen LogP) is 2.20. The van der Waals surface area contributed by atoms with E-state index in [2.05, 4.69) is 12.1 Å². The zero-order valence-electron chi connectivity index (χ0n) is 9.30. The minimum Gasteiger partial charge on any atom is -0.397 e. The highest BCUT2D eigenvalue weighted by molar-refractivity contribution is 5.71. The van der Waals surface area contributed by atoms with Crippen LogP contribution in [0, 0.1) is 29.6 Å². The molecule has 0 saturated heterocycles. The molecule has 0 amide bonds. The first-order valence-electron chi connectivity index (χ1n) is 5.44. The number of nitrogens with zero attached hydrogens (tertiary/aromatic N) is 2. The molecule has 0 aromatic heterocycles. The molecule has 80 valence electrons. The van der Waals surface area contributed by atoms with Crippen LogP contribution in [0.15, 0.2) is 0 Å². The molecule has 2 rings (SSSR count). The molecule has 1 aromatic carbocycles. The van der Waals surface area contributed by atoms with E-state index in [1.54, 1.807) is 0 Å². The van der Waals surface area contributed by atoms with Gasteiger partial charge in [-0.3, -0.25) is 0 Å². The highest BCUT2D eigenvalue weighted by Crippen LogP contribution is 2.33. The maximum atomic E-state index is 9.15. The molecule has 0 heterocycles. The van der Waals surface area contributed by atoms with Gasteiger partial charge in [-0.15, -0.1) is 0 Å². The monoisotopic (exact) mass is 211 g/mol. The number of nitrogen functional groups attached to an aromatic ring is 1. The normalized spacial score (nSPS) is 13.7. The summed E-state index contributed by atoms with van der Waals surface area (Å²) in [5.74, 6) is 0. The Kier molecular flexibility index (Phi) is 2.54. The number of nitrogens with two attached hydrogens (primary N) is 1. The van der Waals surface area contributed by atoms with Crippen LogP contribution in [0.25, 0.3) is 0 Å². The van der Waals surface area contributed by atoms with Crippen LogP contribution in [0.3, 0.4) is 0 Å². The second-order valence-corrected chi connectivity index (χ2v) is 4.18. The maximum Gasteiger partial charge on any atom is 0.102 e. The number of hydrogen-bond donors (Lipinski definition) is 1. The fraction of sp³-hybridized carbons (Fsp3) is 0.385. The molecule has 0 bridgehead atoms. The summed E-state index contributed by atoms with van der Waals surface area (Å²) in [6.45, 7) is 1.93. The largest absolute Gasteiger partial charge is 0.397 e. The first-order chi connectivity index (χ1) is 7.70. The van der Waals surface area contributed by atoms with E-state index in [0.29, 0.717) is 16.8 Å². The first kappa shape index (κ1) is 10.5. The van der Waals surface area contributed by atoms with E-state index in [0.717, 1.165) is 36.8 Å². The van der Waals surface area contributed by atoms with Gasteiger partial charge in [-0.2, -0.15) is 10.5 Å². The topological polar surface area (TPSA) is 73.6 Å². The number of nitriles is 2. The van der Waals surface area contributed by atoms with Crippen molar-refractivity contribution >= 4 is 5.69 Å². The molecule has 0 saturated carbocycles. The third kappa shape index (κ3) is 1.33. The summed E-state index contributed by atoms with van der Waals surface area (Å²) in [5.41, 5.74) is 10.5. The van der Waals surface area contributed by atoms with E-state index in [1.807, 2.05) is 6.92 Å². The Labute approximate surface area is 95.1 Å². The lowest BCUT2D eigenvalue weighted by atomic mass is 9.82. The Morgan fingerprint density at radius 3 is 2.12 bits per heavy atom. The molecular formula is C13H13N3. The molecule has 16 heavy (non-hydrogen) atoms. The van der Waals surface area contributed by atoms with Crippen molar-refractivity contribution in [2.75, 3.05) is 5.73 Å². The third-order valence-electron chi connectivity index (χ3n) is 3.36. The number of hydrogen-bond acceptors (Lipinski definition) is 3. The lowest BCUT2D eigenvalue weighted by molar-refractivity contribution is 0.680. The van der Waals surface area contributed by atoms with E-state index < -0.39 is 0 Å². The third-order valence-corrected chi connectivity index (χ3v) is 3.36. The summed E-state index contributed by atoms with van der Waals surface area (Å²) >= 11 is 0. The van der Waals surface area contributed by atoms with Crippen LogP contribution in [0.2, 0.25) is 0 Å². The molecule has 3 heteroatoms. The van der Waals surface area contributed by atoms with Crippen molar-refractivity contribution in [2.24, 2.45) is 0 Å². The fourth-order valence-corrected chi connectivity index (χ4v) is 2.51. The average Bonchev–Trinajstić information content (AvgIpc) is 2.30. The fourth-order valence-electron chi connectivity index (χ4n) is 2.51. The van der Waals surface area contributed by atoms with Crippen LogP contribution in [-0.2, 0) is 12.8 Å². The predicted molar refractivity (Wildman–Crippen MR) is 61.7 cm³/mol. The van der Waals surface area contributed by atoms with Crippen molar-refractivity contribution in [1.29, 1.82) is 10.5 Å². The maximum absolute atomic E-state index is 9.15. The SMILES string of the molecule is Cc1c(C#N)c(N)c(C#N)c2c1CCCC2. The summed E-state index contributed by atoms with van der Waals surface area (Å²) in [4.78, 5) is 0. The van der Waals surface area contributed by atoms with Gasteiger partial charge < -0.3 is 5.73 Å². The first-order valence-corrected chi connectivity index (χ1v) is 5.44.